The van der Waals surface area contributed by atoms with E-state index in [4.69, 9.17) is 5.84 Å². The van der Waals surface area contributed by atoms with Crippen LogP contribution in [0.25, 0.3) is 0 Å². The number of rotatable bonds is 2. The van der Waals surface area contributed by atoms with Gasteiger partial charge in [0, 0.05) is 12.7 Å². The summed E-state index contributed by atoms with van der Waals surface area (Å²) >= 11 is 0. The molecule has 0 bridgehead atoms. The Morgan fingerprint density at radius 3 is 2.82 bits per heavy atom. The van der Waals surface area contributed by atoms with E-state index in [9.17, 15) is 0 Å². The van der Waals surface area contributed by atoms with Crippen molar-refractivity contribution < 1.29 is 0 Å². The van der Waals surface area contributed by atoms with Crippen LogP contribution >= 0.6 is 0 Å². The van der Waals surface area contributed by atoms with Crippen LogP contribution in [0.2, 0.25) is 0 Å². The van der Waals surface area contributed by atoms with E-state index in [1.807, 2.05) is 18.2 Å². The second-order valence-electron chi connectivity index (χ2n) is 2.45. The molecule has 0 aliphatic rings. The lowest BCUT2D eigenvalue weighted by molar-refractivity contribution is 0.942. The monoisotopic (exact) mass is 151 g/mol. The van der Waals surface area contributed by atoms with Crippen molar-refractivity contribution in [2.24, 2.45) is 5.84 Å². The highest BCUT2D eigenvalue weighted by Crippen LogP contribution is 2.06. The molecule has 0 aliphatic carbocycles. The lowest BCUT2D eigenvalue weighted by atomic mass is 10.3. The first-order valence-corrected chi connectivity index (χ1v) is 3.68. The molecule has 0 amide bonds. The number of hydrogen-bond donors (Lipinski definition) is 1. The van der Waals surface area contributed by atoms with Crippen LogP contribution in [0.5, 0.6) is 0 Å². The first-order valence-electron chi connectivity index (χ1n) is 3.68. The van der Waals surface area contributed by atoms with Gasteiger partial charge in [0.1, 0.15) is 5.82 Å². The summed E-state index contributed by atoms with van der Waals surface area (Å²) < 4.78 is 0. The number of anilines is 1. The molecule has 60 valence electrons. The summed E-state index contributed by atoms with van der Waals surface area (Å²) in [6.45, 7) is 2.07. The zero-order valence-corrected chi connectivity index (χ0v) is 6.91. The van der Waals surface area contributed by atoms with Gasteiger partial charge < -0.3 is 0 Å². The fraction of sp³-hybridized carbons (Fsp3) is 0.375. The predicted octanol–water partition coefficient (Wildman–Crippen LogP) is 0.954. The summed E-state index contributed by atoms with van der Waals surface area (Å²) in [5, 5.41) is 1.51. The summed E-state index contributed by atoms with van der Waals surface area (Å²) in [5.74, 6) is 6.32. The Morgan fingerprint density at radius 2 is 2.27 bits per heavy atom. The highest BCUT2D eigenvalue weighted by Gasteiger charge is 1.96. The molecule has 0 saturated heterocycles. The summed E-state index contributed by atoms with van der Waals surface area (Å²) in [6.07, 6.45) is 0.946. The highest BCUT2D eigenvalue weighted by atomic mass is 15.4. The van der Waals surface area contributed by atoms with Gasteiger partial charge in [-0.25, -0.2) is 10.8 Å². The van der Waals surface area contributed by atoms with E-state index in [1.165, 1.54) is 5.01 Å². The van der Waals surface area contributed by atoms with Gasteiger partial charge in [0.25, 0.3) is 0 Å². The molecule has 1 aromatic rings. The van der Waals surface area contributed by atoms with Gasteiger partial charge in [0.15, 0.2) is 0 Å². The smallest absolute Gasteiger partial charge is 0.142 e. The molecule has 0 aromatic carbocycles. The van der Waals surface area contributed by atoms with Crippen LogP contribution in [0.1, 0.15) is 12.6 Å². The van der Waals surface area contributed by atoms with Gasteiger partial charge in [-0.05, 0) is 18.6 Å². The fourth-order valence-electron chi connectivity index (χ4n) is 0.860. The molecule has 0 spiro atoms. The van der Waals surface area contributed by atoms with Crippen molar-refractivity contribution in [3.05, 3.63) is 23.9 Å². The predicted molar refractivity (Wildman–Crippen MR) is 46.2 cm³/mol. The molecule has 3 nitrogen and oxygen atoms in total. The van der Waals surface area contributed by atoms with Crippen LogP contribution < -0.4 is 10.9 Å². The topological polar surface area (TPSA) is 42.1 Å². The van der Waals surface area contributed by atoms with Crippen LogP contribution in [0.4, 0.5) is 5.82 Å². The molecule has 0 fully saturated rings. The molecule has 0 atom stereocenters. The van der Waals surface area contributed by atoms with E-state index < -0.39 is 0 Å². The molecule has 0 unspecified atom stereocenters. The van der Waals surface area contributed by atoms with Gasteiger partial charge >= 0.3 is 0 Å². The second kappa shape index (κ2) is 3.34. The molecule has 1 heterocycles. The van der Waals surface area contributed by atoms with Crippen LogP contribution in [0.15, 0.2) is 18.2 Å². The van der Waals surface area contributed by atoms with Crippen molar-refractivity contribution >= 4 is 5.82 Å². The highest BCUT2D eigenvalue weighted by molar-refractivity contribution is 5.36. The Labute approximate surface area is 66.8 Å². The van der Waals surface area contributed by atoms with Gasteiger partial charge in [-0.2, -0.15) is 0 Å². The van der Waals surface area contributed by atoms with Gasteiger partial charge in [-0.1, -0.05) is 13.0 Å². The normalized spacial score (nSPS) is 9.73. The first kappa shape index (κ1) is 8.01. The third kappa shape index (κ3) is 1.91. The minimum atomic E-state index is 0.810. The molecule has 1 rings (SSSR count). The van der Waals surface area contributed by atoms with Crippen molar-refractivity contribution in [1.82, 2.24) is 4.98 Å². The minimum Gasteiger partial charge on any atom is -0.298 e. The second-order valence-corrected chi connectivity index (χ2v) is 2.45. The number of aromatic nitrogens is 1. The van der Waals surface area contributed by atoms with Gasteiger partial charge in [-0.15, -0.1) is 0 Å². The summed E-state index contributed by atoms with van der Waals surface area (Å²) in [4.78, 5) is 4.29. The number of nitrogens with zero attached hydrogens (tertiary/aromatic N) is 2. The standard InChI is InChI=1S/C8H13N3/c1-3-7-5-4-6-8(10-7)11(2)9/h4-6H,3,9H2,1-2H3. The van der Waals surface area contributed by atoms with Gasteiger partial charge in [0.2, 0.25) is 0 Å². The lowest BCUT2D eigenvalue weighted by Crippen LogP contribution is -2.26. The number of hydrazine groups is 1. The number of aryl methyl sites for hydroxylation is 1. The number of pyridine rings is 1. The minimum absolute atomic E-state index is 0.810. The third-order valence-corrected chi connectivity index (χ3v) is 1.52. The Kier molecular flexibility index (Phi) is 2.44. The SMILES string of the molecule is CCc1cccc(N(C)N)n1. The quantitative estimate of drug-likeness (QED) is 0.505. The third-order valence-electron chi connectivity index (χ3n) is 1.52. The van der Waals surface area contributed by atoms with E-state index in [0.29, 0.717) is 0 Å². The van der Waals surface area contributed by atoms with Crippen LogP contribution in [-0.4, -0.2) is 12.0 Å². The average Bonchev–Trinajstić information content (AvgIpc) is 2.05. The van der Waals surface area contributed by atoms with E-state index in [1.54, 1.807) is 7.05 Å². The van der Waals surface area contributed by atoms with E-state index in [-0.39, 0.29) is 0 Å². The molecule has 11 heavy (non-hydrogen) atoms. The molecule has 1 aromatic heterocycles. The number of nitrogens with two attached hydrogens (primary N) is 1. The van der Waals surface area contributed by atoms with Crippen molar-refractivity contribution in [2.45, 2.75) is 13.3 Å². The fourth-order valence-corrected chi connectivity index (χ4v) is 0.860. The van der Waals surface area contributed by atoms with Crippen molar-refractivity contribution in [2.75, 3.05) is 12.1 Å². The molecule has 0 aliphatic heterocycles. The Bertz CT molecular complexity index is 233. The van der Waals surface area contributed by atoms with E-state index in [0.717, 1.165) is 17.9 Å². The van der Waals surface area contributed by atoms with Crippen LogP contribution in [0.3, 0.4) is 0 Å². The largest absolute Gasteiger partial charge is 0.298 e. The molecule has 0 saturated carbocycles. The Morgan fingerprint density at radius 1 is 1.55 bits per heavy atom. The Balaban J connectivity index is 2.91. The van der Waals surface area contributed by atoms with Crippen LogP contribution in [0, 0.1) is 0 Å². The van der Waals surface area contributed by atoms with Crippen molar-refractivity contribution in [1.29, 1.82) is 0 Å². The maximum absolute atomic E-state index is 5.51. The van der Waals surface area contributed by atoms with Crippen molar-refractivity contribution in [3.8, 4) is 0 Å². The zero-order valence-electron chi connectivity index (χ0n) is 6.91. The molecule has 0 radical (unpaired) electrons. The molecular weight excluding hydrogens is 138 g/mol. The molecule has 2 N–H and O–H groups in total. The Hall–Kier alpha value is -1.09. The molecule has 3 heteroatoms. The van der Waals surface area contributed by atoms with E-state index in [2.05, 4.69) is 11.9 Å². The number of hydrogen-bond acceptors (Lipinski definition) is 3. The maximum Gasteiger partial charge on any atom is 0.142 e. The summed E-state index contributed by atoms with van der Waals surface area (Å²) in [6, 6.07) is 5.84. The first-order chi connectivity index (χ1) is 5.24. The average molecular weight is 151 g/mol. The zero-order chi connectivity index (χ0) is 8.27. The van der Waals surface area contributed by atoms with Gasteiger partial charge in [-0.3, -0.25) is 5.01 Å². The summed E-state index contributed by atoms with van der Waals surface area (Å²) in [7, 11) is 1.78. The van der Waals surface area contributed by atoms with Crippen molar-refractivity contribution in [3.63, 3.8) is 0 Å². The van der Waals surface area contributed by atoms with Gasteiger partial charge in [0.05, 0.1) is 0 Å². The van der Waals surface area contributed by atoms with E-state index >= 15 is 0 Å². The lowest BCUT2D eigenvalue weighted by Gasteiger charge is -2.10. The summed E-state index contributed by atoms with van der Waals surface area (Å²) in [5.41, 5.74) is 1.07. The van der Waals surface area contributed by atoms with Crippen LogP contribution in [-0.2, 0) is 6.42 Å². The molecular formula is C8H13N3. The maximum atomic E-state index is 5.51.